The highest BCUT2D eigenvalue weighted by molar-refractivity contribution is 5.69. The van der Waals surface area contributed by atoms with E-state index in [-0.39, 0.29) is 16.7 Å². The third-order valence-corrected chi connectivity index (χ3v) is 3.55. The summed E-state index contributed by atoms with van der Waals surface area (Å²) >= 11 is 0. The van der Waals surface area contributed by atoms with Gasteiger partial charge in [-0.2, -0.15) is 18.4 Å². The lowest BCUT2D eigenvalue weighted by molar-refractivity contribution is -0.337. The molecule has 1 aliphatic rings. The first kappa shape index (κ1) is 16.4. The van der Waals surface area contributed by atoms with Crippen LogP contribution in [0.25, 0.3) is 5.76 Å². The van der Waals surface area contributed by atoms with E-state index < -0.39 is 18.4 Å². The Bertz CT molecular complexity index is 648. The van der Waals surface area contributed by atoms with E-state index in [0.29, 0.717) is 5.56 Å². The second-order valence-corrected chi connectivity index (χ2v) is 6.31. The maximum absolute atomic E-state index is 12.9. The minimum absolute atomic E-state index is 0.103. The van der Waals surface area contributed by atoms with Gasteiger partial charge in [-0.1, -0.05) is 45.0 Å². The van der Waals surface area contributed by atoms with Crippen molar-refractivity contribution in [3.05, 3.63) is 41.0 Å². The van der Waals surface area contributed by atoms with Gasteiger partial charge in [-0.25, -0.2) is 0 Å². The van der Waals surface area contributed by atoms with Gasteiger partial charge in [0, 0.05) is 5.56 Å². The summed E-state index contributed by atoms with van der Waals surface area (Å²) in [6.45, 7) is 6.03. The number of hydrogen-bond donors (Lipinski definition) is 1. The summed E-state index contributed by atoms with van der Waals surface area (Å²) in [7, 11) is 0. The summed E-state index contributed by atoms with van der Waals surface area (Å²) in [6.07, 6.45) is -5.87. The van der Waals surface area contributed by atoms with Crippen LogP contribution in [0, 0.1) is 11.3 Å². The lowest BCUT2D eigenvalue weighted by atomic mass is 9.86. The predicted molar refractivity (Wildman–Crippen MR) is 74.4 cm³/mol. The fourth-order valence-corrected chi connectivity index (χ4v) is 2.19. The van der Waals surface area contributed by atoms with Crippen molar-refractivity contribution in [3.63, 3.8) is 0 Å². The van der Waals surface area contributed by atoms with Crippen molar-refractivity contribution in [2.45, 2.75) is 44.6 Å². The number of nitrogens with zero attached hydrogens (tertiary/aromatic N) is 1. The van der Waals surface area contributed by atoms with Gasteiger partial charge in [0.25, 0.3) is 0 Å². The number of benzene rings is 1. The minimum Gasteiger partial charge on any atom is -0.451 e. The Morgan fingerprint density at radius 2 is 1.73 bits per heavy atom. The molecule has 0 amide bonds. The standard InChI is InChI=1S/C16H16F3NO2/c1-14(2,3)12-6-4-10(5-7-12)13-11(9-20)8-15(21,22-13)16(17,18)19/h4-7,21H,8H2,1-3H3. The predicted octanol–water partition coefficient (Wildman–Crippen LogP) is 3.89. The SMILES string of the molecule is CC(C)(C)c1ccc(C2=C(C#N)CC(O)(C(F)(F)F)O2)cc1. The summed E-state index contributed by atoms with van der Waals surface area (Å²) in [6, 6.07) is 8.40. The molecule has 2 rings (SSSR count). The van der Waals surface area contributed by atoms with Gasteiger partial charge in [0.1, 0.15) is 5.76 Å². The van der Waals surface area contributed by atoms with Crippen molar-refractivity contribution in [1.29, 1.82) is 5.26 Å². The van der Waals surface area contributed by atoms with Crippen LogP contribution in [0.2, 0.25) is 0 Å². The highest BCUT2D eigenvalue weighted by Gasteiger charge is 2.60. The highest BCUT2D eigenvalue weighted by atomic mass is 19.4. The van der Waals surface area contributed by atoms with Gasteiger partial charge in [-0.15, -0.1) is 0 Å². The average molecular weight is 311 g/mol. The molecule has 1 N–H and O–H groups in total. The molecular weight excluding hydrogens is 295 g/mol. The number of ether oxygens (including phenoxy) is 1. The molecule has 1 aliphatic heterocycles. The molecular formula is C16H16F3NO2. The Morgan fingerprint density at radius 1 is 1.18 bits per heavy atom. The van der Waals surface area contributed by atoms with Gasteiger partial charge in [0.05, 0.1) is 18.1 Å². The maximum Gasteiger partial charge on any atom is 0.455 e. The molecule has 0 radical (unpaired) electrons. The number of halogens is 3. The quantitative estimate of drug-likeness (QED) is 0.856. The van der Waals surface area contributed by atoms with Crippen molar-refractivity contribution in [2.75, 3.05) is 0 Å². The topological polar surface area (TPSA) is 53.2 Å². The molecule has 1 heterocycles. The molecule has 22 heavy (non-hydrogen) atoms. The fraction of sp³-hybridized carbons (Fsp3) is 0.438. The maximum atomic E-state index is 12.9. The van der Waals surface area contributed by atoms with Gasteiger partial charge in [0.15, 0.2) is 0 Å². The van der Waals surface area contributed by atoms with Crippen LogP contribution in [-0.4, -0.2) is 17.1 Å². The molecule has 0 bridgehead atoms. The summed E-state index contributed by atoms with van der Waals surface area (Å²) in [5.41, 5.74) is 1.02. The van der Waals surface area contributed by atoms with Gasteiger partial charge in [0.2, 0.25) is 0 Å². The molecule has 3 nitrogen and oxygen atoms in total. The number of rotatable bonds is 1. The normalized spacial score (nSPS) is 22.5. The van der Waals surface area contributed by atoms with Crippen molar-refractivity contribution in [2.24, 2.45) is 0 Å². The van der Waals surface area contributed by atoms with Crippen LogP contribution in [0.15, 0.2) is 29.8 Å². The number of nitriles is 1. The van der Waals surface area contributed by atoms with E-state index in [4.69, 9.17) is 10.00 Å². The molecule has 0 saturated heterocycles. The van der Waals surface area contributed by atoms with Crippen molar-refractivity contribution in [1.82, 2.24) is 0 Å². The Balaban J connectivity index is 2.38. The zero-order valence-electron chi connectivity index (χ0n) is 12.5. The zero-order chi connectivity index (χ0) is 16.8. The first-order chi connectivity index (χ1) is 9.98. The van der Waals surface area contributed by atoms with Crippen molar-refractivity contribution < 1.29 is 23.0 Å². The lowest BCUT2D eigenvalue weighted by Crippen LogP contribution is -2.44. The minimum atomic E-state index is -4.97. The molecule has 1 aromatic rings. The van der Waals surface area contributed by atoms with Crippen LogP contribution < -0.4 is 0 Å². The second kappa shape index (κ2) is 5.03. The van der Waals surface area contributed by atoms with E-state index in [1.54, 1.807) is 30.3 Å². The number of hydrogen-bond acceptors (Lipinski definition) is 3. The highest BCUT2D eigenvalue weighted by Crippen LogP contribution is 2.46. The van der Waals surface area contributed by atoms with Gasteiger partial charge in [-0.05, 0) is 11.0 Å². The van der Waals surface area contributed by atoms with E-state index in [1.165, 1.54) is 0 Å². The van der Waals surface area contributed by atoms with E-state index in [0.717, 1.165) is 5.56 Å². The molecule has 118 valence electrons. The summed E-state index contributed by atoms with van der Waals surface area (Å²) in [5.74, 6) is -3.56. The van der Waals surface area contributed by atoms with Crippen molar-refractivity contribution >= 4 is 5.76 Å². The third-order valence-electron chi connectivity index (χ3n) is 3.55. The molecule has 0 aromatic heterocycles. The Hall–Kier alpha value is -2.00. The van der Waals surface area contributed by atoms with Crippen LogP contribution in [0.4, 0.5) is 13.2 Å². The zero-order valence-corrected chi connectivity index (χ0v) is 12.5. The summed E-state index contributed by atoms with van der Waals surface area (Å²) in [4.78, 5) is 0. The van der Waals surface area contributed by atoms with E-state index in [1.807, 2.05) is 20.8 Å². The van der Waals surface area contributed by atoms with Crippen molar-refractivity contribution in [3.8, 4) is 6.07 Å². The smallest absolute Gasteiger partial charge is 0.451 e. The first-order valence-electron chi connectivity index (χ1n) is 6.70. The number of alkyl halides is 3. The summed E-state index contributed by atoms with van der Waals surface area (Å²) < 4.78 is 43.3. The average Bonchev–Trinajstić information content (AvgIpc) is 2.76. The first-order valence-corrected chi connectivity index (χ1v) is 6.70. The third kappa shape index (κ3) is 2.81. The Labute approximate surface area is 126 Å². The van der Waals surface area contributed by atoms with E-state index in [2.05, 4.69) is 0 Å². The van der Waals surface area contributed by atoms with Crippen LogP contribution in [0.3, 0.4) is 0 Å². The largest absolute Gasteiger partial charge is 0.455 e. The molecule has 1 aromatic carbocycles. The molecule has 1 unspecified atom stereocenters. The Kier molecular flexibility index (Phi) is 3.74. The van der Waals surface area contributed by atoms with Crippen LogP contribution in [0.1, 0.15) is 38.3 Å². The molecule has 6 heteroatoms. The van der Waals surface area contributed by atoms with Crippen LogP contribution >= 0.6 is 0 Å². The van der Waals surface area contributed by atoms with Gasteiger partial charge >= 0.3 is 12.0 Å². The second-order valence-electron chi connectivity index (χ2n) is 6.31. The Morgan fingerprint density at radius 3 is 2.14 bits per heavy atom. The molecule has 1 atom stereocenters. The monoisotopic (exact) mass is 311 g/mol. The van der Waals surface area contributed by atoms with Crippen LogP contribution in [-0.2, 0) is 10.2 Å². The van der Waals surface area contributed by atoms with Crippen LogP contribution in [0.5, 0.6) is 0 Å². The van der Waals surface area contributed by atoms with Gasteiger partial charge < -0.3 is 9.84 Å². The van der Waals surface area contributed by atoms with E-state index in [9.17, 15) is 18.3 Å². The van der Waals surface area contributed by atoms with Gasteiger partial charge in [-0.3, -0.25) is 0 Å². The fourth-order valence-electron chi connectivity index (χ4n) is 2.19. The molecule has 0 fully saturated rings. The molecule has 0 spiro atoms. The number of aliphatic hydroxyl groups is 1. The molecule has 0 saturated carbocycles. The lowest BCUT2D eigenvalue weighted by Gasteiger charge is -2.26. The summed E-state index contributed by atoms with van der Waals surface area (Å²) in [5, 5.41) is 18.6. The van der Waals surface area contributed by atoms with E-state index >= 15 is 0 Å². The molecule has 0 aliphatic carbocycles.